The lowest BCUT2D eigenvalue weighted by atomic mass is 10.1. The first kappa shape index (κ1) is 14.1. The van der Waals surface area contributed by atoms with Crippen molar-refractivity contribution in [1.29, 1.82) is 0 Å². The average molecular weight is 292 g/mol. The van der Waals surface area contributed by atoms with Gasteiger partial charge in [-0.2, -0.15) is 0 Å². The van der Waals surface area contributed by atoms with E-state index in [9.17, 15) is 14.7 Å². The van der Waals surface area contributed by atoms with Crippen LogP contribution >= 0.6 is 11.3 Å². The Morgan fingerprint density at radius 1 is 1.20 bits per heavy atom. The van der Waals surface area contributed by atoms with Crippen LogP contribution in [0.3, 0.4) is 0 Å². The van der Waals surface area contributed by atoms with Crippen molar-refractivity contribution in [3.8, 4) is 11.5 Å². The van der Waals surface area contributed by atoms with Crippen LogP contribution in [-0.4, -0.2) is 28.6 Å². The molecule has 2 N–H and O–H groups in total. The first-order valence-corrected chi connectivity index (χ1v) is 6.58. The second-order valence-electron chi connectivity index (χ2n) is 4.11. The Bertz CT molecular complexity index is 659. The number of aromatic hydroxyl groups is 2. The van der Waals surface area contributed by atoms with Crippen LogP contribution in [0.5, 0.6) is 11.5 Å². The van der Waals surface area contributed by atoms with E-state index in [1.54, 1.807) is 12.1 Å². The van der Waals surface area contributed by atoms with Gasteiger partial charge in [0.15, 0.2) is 6.61 Å². The minimum Gasteiger partial charge on any atom is -0.508 e. The Morgan fingerprint density at radius 2 is 1.95 bits per heavy atom. The third-order valence-corrected chi connectivity index (χ3v) is 3.54. The fourth-order valence-electron chi connectivity index (χ4n) is 1.58. The van der Waals surface area contributed by atoms with Crippen molar-refractivity contribution in [3.63, 3.8) is 0 Å². The van der Waals surface area contributed by atoms with Crippen molar-refractivity contribution in [2.24, 2.45) is 0 Å². The molecule has 20 heavy (non-hydrogen) atoms. The maximum atomic E-state index is 11.8. The largest absolute Gasteiger partial charge is 0.508 e. The first-order valence-electron chi connectivity index (χ1n) is 5.76. The molecule has 1 aromatic heterocycles. The predicted molar refractivity (Wildman–Crippen MR) is 73.4 cm³/mol. The number of Topliss-reactive ketones (excluding diaryl/α,β-unsaturated/α-hetero) is 1. The summed E-state index contributed by atoms with van der Waals surface area (Å²) in [6.45, 7) is 1.40. The predicted octanol–water partition coefficient (Wildman–Crippen LogP) is 2.51. The van der Waals surface area contributed by atoms with Crippen LogP contribution in [0.1, 0.15) is 24.9 Å². The van der Waals surface area contributed by atoms with Crippen molar-refractivity contribution in [2.45, 2.75) is 6.92 Å². The minimum absolute atomic E-state index is 0.00189. The number of hydrogen-bond donors (Lipinski definition) is 2. The molecule has 0 fully saturated rings. The number of aryl methyl sites for hydroxylation is 1. The number of rotatable bonds is 4. The second-order valence-corrected chi connectivity index (χ2v) is 5.40. The van der Waals surface area contributed by atoms with E-state index >= 15 is 0 Å². The maximum absolute atomic E-state index is 11.8. The summed E-state index contributed by atoms with van der Waals surface area (Å²) in [5, 5.41) is 18.7. The minimum atomic E-state index is -0.574. The summed E-state index contributed by atoms with van der Waals surface area (Å²) in [4.78, 5) is 24.9. The van der Waals surface area contributed by atoms with Crippen molar-refractivity contribution in [1.82, 2.24) is 0 Å². The van der Waals surface area contributed by atoms with Gasteiger partial charge in [-0.25, -0.2) is 4.79 Å². The van der Waals surface area contributed by atoms with E-state index in [2.05, 4.69) is 0 Å². The highest BCUT2D eigenvalue weighted by molar-refractivity contribution is 7.13. The van der Waals surface area contributed by atoms with E-state index in [1.807, 2.05) is 6.92 Å². The van der Waals surface area contributed by atoms with Gasteiger partial charge in [-0.3, -0.25) is 4.79 Å². The molecule has 0 aliphatic rings. The summed E-state index contributed by atoms with van der Waals surface area (Å²) in [6, 6.07) is 7.02. The smallest absolute Gasteiger partial charge is 0.348 e. The molecule has 6 heteroatoms. The number of benzene rings is 1. The SMILES string of the molecule is Cc1ccc(C(=O)OCC(=O)c2ccc(O)cc2O)s1. The molecule has 0 unspecified atom stereocenters. The summed E-state index contributed by atoms with van der Waals surface area (Å²) < 4.78 is 4.89. The van der Waals surface area contributed by atoms with Gasteiger partial charge >= 0.3 is 5.97 Å². The van der Waals surface area contributed by atoms with Crippen molar-refractivity contribution >= 4 is 23.1 Å². The van der Waals surface area contributed by atoms with Gasteiger partial charge in [0.2, 0.25) is 5.78 Å². The number of carbonyl (C=O) groups excluding carboxylic acids is 2. The number of esters is 1. The Morgan fingerprint density at radius 3 is 2.55 bits per heavy atom. The standard InChI is InChI=1S/C14H12O5S/c1-8-2-5-13(20-8)14(18)19-7-12(17)10-4-3-9(15)6-11(10)16/h2-6,15-16H,7H2,1H3. The molecule has 0 bridgehead atoms. The molecule has 0 aliphatic heterocycles. The van der Waals surface area contributed by atoms with E-state index in [0.717, 1.165) is 10.9 Å². The van der Waals surface area contributed by atoms with Gasteiger partial charge in [0, 0.05) is 10.9 Å². The van der Waals surface area contributed by atoms with Crippen LogP contribution < -0.4 is 0 Å². The molecule has 2 rings (SSSR count). The van der Waals surface area contributed by atoms with Crippen LogP contribution in [-0.2, 0) is 4.74 Å². The highest BCUT2D eigenvalue weighted by Gasteiger charge is 2.16. The molecule has 1 aromatic carbocycles. The van der Waals surface area contributed by atoms with Crippen LogP contribution in [0.25, 0.3) is 0 Å². The van der Waals surface area contributed by atoms with E-state index in [4.69, 9.17) is 9.84 Å². The molecule has 0 saturated heterocycles. The quantitative estimate of drug-likeness (QED) is 0.668. The molecule has 0 radical (unpaired) electrons. The molecular weight excluding hydrogens is 280 g/mol. The molecule has 2 aromatic rings. The number of hydrogen-bond acceptors (Lipinski definition) is 6. The van der Waals surface area contributed by atoms with Gasteiger partial charge in [-0.15, -0.1) is 11.3 Å². The lowest BCUT2D eigenvalue weighted by Crippen LogP contribution is -2.13. The van der Waals surface area contributed by atoms with Crippen LogP contribution in [0, 0.1) is 6.92 Å². The van der Waals surface area contributed by atoms with E-state index < -0.39 is 18.4 Å². The summed E-state index contributed by atoms with van der Waals surface area (Å²) in [7, 11) is 0. The Hall–Kier alpha value is -2.34. The molecule has 0 atom stereocenters. The van der Waals surface area contributed by atoms with Crippen LogP contribution in [0.2, 0.25) is 0 Å². The number of ether oxygens (including phenoxy) is 1. The van der Waals surface area contributed by atoms with Gasteiger partial charge in [-0.1, -0.05) is 0 Å². The number of phenolic OH excluding ortho intramolecular Hbond substituents is 2. The van der Waals surface area contributed by atoms with Gasteiger partial charge in [0.25, 0.3) is 0 Å². The monoisotopic (exact) mass is 292 g/mol. The topological polar surface area (TPSA) is 83.8 Å². The Balaban J connectivity index is 2.00. The van der Waals surface area contributed by atoms with Crippen LogP contribution in [0.15, 0.2) is 30.3 Å². The van der Waals surface area contributed by atoms with Crippen LogP contribution in [0.4, 0.5) is 0 Å². The van der Waals surface area contributed by atoms with Gasteiger partial charge in [0.05, 0.1) is 5.56 Å². The van der Waals surface area contributed by atoms with Crippen molar-refractivity contribution in [3.05, 3.63) is 45.6 Å². The summed E-state index contributed by atoms with van der Waals surface area (Å²) in [5.41, 5.74) is -0.00189. The van der Waals surface area contributed by atoms with Gasteiger partial charge < -0.3 is 14.9 Å². The highest BCUT2D eigenvalue weighted by atomic mass is 32.1. The van der Waals surface area contributed by atoms with E-state index in [1.165, 1.54) is 23.5 Å². The Kier molecular flexibility index (Phi) is 4.05. The molecular formula is C14H12O5S. The fraction of sp³-hybridized carbons (Fsp3) is 0.143. The zero-order chi connectivity index (χ0) is 14.7. The van der Waals surface area contributed by atoms with Crippen molar-refractivity contribution < 1.29 is 24.5 Å². The number of phenols is 2. The first-order chi connectivity index (χ1) is 9.47. The maximum Gasteiger partial charge on any atom is 0.348 e. The molecule has 104 valence electrons. The fourth-order valence-corrected chi connectivity index (χ4v) is 2.34. The second kappa shape index (κ2) is 5.75. The third-order valence-electron chi connectivity index (χ3n) is 2.56. The third kappa shape index (κ3) is 3.16. The highest BCUT2D eigenvalue weighted by Crippen LogP contribution is 2.23. The molecule has 1 heterocycles. The zero-order valence-corrected chi connectivity index (χ0v) is 11.4. The number of ketones is 1. The normalized spacial score (nSPS) is 10.2. The summed E-state index contributed by atoms with van der Waals surface area (Å²) in [6.07, 6.45) is 0. The number of carbonyl (C=O) groups is 2. The lowest BCUT2D eigenvalue weighted by Gasteiger charge is -2.05. The van der Waals surface area contributed by atoms with E-state index in [-0.39, 0.29) is 17.1 Å². The van der Waals surface area contributed by atoms with Gasteiger partial charge in [-0.05, 0) is 31.2 Å². The summed E-state index contributed by atoms with van der Waals surface area (Å²) in [5.74, 6) is -1.61. The lowest BCUT2D eigenvalue weighted by molar-refractivity contribution is 0.0478. The van der Waals surface area contributed by atoms with Crippen molar-refractivity contribution in [2.75, 3.05) is 6.61 Å². The molecule has 0 aliphatic carbocycles. The van der Waals surface area contributed by atoms with E-state index in [0.29, 0.717) is 4.88 Å². The molecule has 0 amide bonds. The molecule has 0 saturated carbocycles. The van der Waals surface area contributed by atoms with Gasteiger partial charge in [0.1, 0.15) is 16.4 Å². The Labute approximate surface area is 119 Å². The molecule has 5 nitrogen and oxygen atoms in total. The zero-order valence-electron chi connectivity index (χ0n) is 10.6. The molecule has 0 spiro atoms. The number of thiophene rings is 1. The average Bonchev–Trinajstić information content (AvgIpc) is 2.82. The summed E-state index contributed by atoms with van der Waals surface area (Å²) >= 11 is 1.28.